The highest BCUT2D eigenvalue weighted by atomic mass is 16.1. The van der Waals surface area contributed by atoms with E-state index in [9.17, 15) is 4.79 Å². The van der Waals surface area contributed by atoms with Gasteiger partial charge in [0.1, 0.15) is 5.82 Å². The van der Waals surface area contributed by atoms with Crippen LogP contribution in [0.5, 0.6) is 0 Å². The molecule has 1 aliphatic rings. The van der Waals surface area contributed by atoms with Gasteiger partial charge in [0.25, 0.3) is 5.56 Å². The number of hydrogen-bond donors (Lipinski definition) is 1. The number of pyridine rings is 1. The molecule has 1 fully saturated rings. The van der Waals surface area contributed by atoms with Crippen LogP contribution in [0.1, 0.15) is 37.7 Å². The highest BCUT2D eigenvalue weighted by Gasteiger charge is 2.10. The van der Waals surface area contributed by atoms with Crippen molar-refractivity contribution in [3.05, 3.63) is 70.8 Å². The predicted octanol–water partition coefficient (Wildman–Crippen LogP) is 4.27. The first kappa shape index (κ1) is 18.6. The summed E-state index contributed by atoms with van der Waals surface area (Å²) >= 11 is 0. The third-order valence-corrected chi connectivity index (χ3v) is 5.28. The van der Waals surface area contributed by atoms with Crippen molar-refractivity contribution in [1.82, 2.24) is 19.9 Å². The fourth-order valence-corrected chi connectivity index (χ4v) is 3.75. The summed E-state index contributed by atoms with van der Waals surface area (Å²) in [6.45, 7) is 3.35. The number of hydrogen-bond acceptors (Lipinski definition) is 4. The van der Waals surface area contributed by atoms with Crippen LogP contribution >= 0.6 is 0 Å². The van der Waals surface area contributed by atoms with E-state index >= 15 is 0 Å². The Bertz CT molecular complexity index is 942. The zero-order valence-electron chi connectivity index (χ0n) is 16.1. The first-order valence-electron chi connectivity index (χ1n) is 10.1. The van der Waals surface area contributed by atoms with Gasteiger partial charge in [0, 0.05) is 36.1 Å². The van der Waals surface area contributed by atoms with E-state index in [2.05, 4.69) is 32.0 Å². The molecular formula is C23H26N4O. The molecule has 3 heterocycles. The number of nitrogens with zero attached hydrogens (tertiary/aromatic N) is 3. The number of rotatable bonds is 4. The summed E-state index contributed by atoms with van der Waals surface area (Å²) in [6, 6.07) is 13.6. The Morgan fingerprint density at radius 1 is 0.929 bits per heavy atom. The fourth-order valence-electron chi connectivity index (χ4n) is 3.75. The molecule has 3 aromatic rings. The average Bonchev–Trinajstić information content (AvgIpc) is 2.71. The fraction of sp³-hybridized carbons (Fsp3) is 0.348. The molecule has 0 saturated carbocycles. The maximum Gasteiger partial charge on any atom is 0.251 e. The molecule has 0 atom stereocenters. The van der Waals surface area contributed by atoms with Crippen molar-refractivity contribution in [2.45, 2.75) is 38.6 Å². The molecule has 1 aromatic carbocycles. The lowest BCUT2D eigenvalue weighted by molar-refractivity contribution is 0.240. The van der Waals surface area contributed by atoms with E-state index in [4.69, 9.17) is 0 Å². The van der Waals surface area contributed by atoms with Gasteiger partial charge in [0.15, 0.2) is 0 Å². The highest BCUT2D eigenvalue weighted by Crippen LogP contribution is 2.20. The summed E-state index contributed by atoms with van der Waals surface area (Å²) in [5, 5.41) is 0. The van der Waals surface area contributed by atoms with E-state index < -0.39 is 0 Å². The van der Waals surface area contributed by atoms with Gasteiger partial charge in [-0.25, -0.2) is 4.98 Å². The summed E-state index contributed by atoms with van der Waals surface area (Å²) in [5.41, 5.74) is 3.53. The molecule has 1 saturated heterocycles. The Morgan fingerprint density at radius 3 is 2.39 bits per heavy atom. The number of H-pyrrole nitrogens is 1. The van der Waals surface area contributed by atoms with E-state index in [1.165, 1.54) is 56.8 Å². The molecule has 0 amide bonds. The molecule has 1 N–H and O–H groups in total. The largest absolute Gasteiger partial charge is 0.306 e. The first-order chi connectivity index (χ1) is 13.8. The third-order valence-electron chi connectivity index (χ3n) is 5.28. The smallest absolute Gasteiger partial charge is 0.251 e. The Balaban J connectivity index is 1.52. The van der Waals surface area contributed by atoms with Crippen molar-refractivity contribution >= 4 is 0 Å². The van der Waals surface area contributed by atoms with Crippen molar-refractivity contribution in [2.75, 3.05) is 13.1 Å². The maximum atomic E-state index is 12.1. The third kappa shape index (κ3) is 4.73. The molecule has 0 radical (unpaired) electrons. The second-order valence-corrected chi connectivity index (χ2v) is 7.46. The lowest BCUT2D eigenvalue weighted by Crippen LogP contribution is -2.26. The summed E-state index contributed by atoms with van der Waals surface area (Å²) < 4.78 is 0. The predicted molar refractivity (Wildman–Crippen MR) is 112 cm³/mol. The SMILES string of the molecule is O=c1cc(-c2cccnc2)nc(-c2ccc(CN3CCCCCCC3)cc2)[nH]1. The quantitative estimate of drug-likeness (QED) is 0.741. The number of nitrogens with one attached hydrogen (secondary N) is 1. The molecule has 0 aliphatic carbocycles. The van der Waals surface area contributed by atoms with Crippen molar-refractivity contribution in [2.24, 2.45) is 0 Å². The van der Waals surface area contributed by atoms with Crippen molar-refractivity contribution in [3.8, 4) is 22.6 Å². The molecule has 4 rings (SSSR count). The van der Waals surface area contributed by atoms with Crippen LogP contribution in [-0.2, 0) is 6.54 Å². The normalized spacial score (nSPS) is 15.7. The van der Waals surface area contributed by atoms with E-state index in [1.54, 1.807) is 12.4 Å². The van der Waals surface area contributed by atoms with Crippen LogP contribution in [0.15, 0.2) is 59.7 Å². The van der Waals surface area contributed by atoms with Crippen LogP contribution in [0.3, 0.4) is 0 Å². The van der Waals surface area contributed by atoms with Gasteiger partial charge in [-0.05, 0) is 43.6 Å². The Labute approximate surface area is 165 Å². The molecule has 5 heteroatoms. The van der Waals surface area contributed by atoms with Crippen molar-refractivity contribution in [1.29, 1.82) is 0 Å². The average molecular weight is 374 g/mol. The van der Waals surface area contributed by atoms with Crippen molar-refractivity contribution in [3.63, 3.8) is 0 Å². The van der Waals surface area contributed by atoms with Crippen LogP contribution in [0, 0.1) is 0 Å². The maximum absolute atomic E-state index is 12.1. The molecule has 5 nitrogen and oxygen atoms in total. The van der Waals surface area contributed by atoms with Crippen LogP contribution < -0.4 is 5.56 Å². The lowest BCUT2D eigenvalue weighted by Gasteiger charge is -2.24. The second kappa shape index (κ2) is 8.93. The van der Waals surface area contributed by atoms with E-state index in [0.717, 1.165) is 17.7 Å². The van der Waals surface area contributed by atoms with Crippen LogP contribution in [-0.4, -0.2) is 32.9 Å². The van der Waals surface area contributed by atoms with Gasteiger partial charge >= 0.3 is 0 Å². The lowest BCUT2D eigenvalue weighted by atomic mass is 10.1. The van der Waals surface area contributed by atoms with Gasteiger partial charge in [-0.15, -0.1) is 0 Å². The zero-order chi connectivity index (χ0) is 19.2. The van der Waals surface area contributed by atoms with Gasteiger partial charge in [0.2, 0.25) is 0 Å². The van der Waals surface area contributed by atoms with Crippen LogP contribution in [0.25, 0.3) is 22.6 Å². The monoisotopic (exact) mass is 374 g/mol. The molecule has 2 aromatic heterocycles. The van der Waals surface area contributed by atoms with Crippen LogP contribution in [0.2, 0.25) is 0 Å². The molecule has 0 spiro atoms. The Kier molecular flexibility index (Phi) is 5.92. The van der Waals surface area contributed by atoms with Gasteiger partial charge in [-0.1, -0.05) is 43.5 Å². The Morgan fingerprint density at radius 2 is 1.68 bits per heavy atom. The second-order valence-electron chi connectivity index (χ2n) is 7.46. The van der Waals surface area contributed by atoms with E-state index in [-0.39, 0.29) is 5.56 Å². The van der Waals surface area contributed by atoms with Gasteiger partial charge in [-0.2, -0.15) is 0 Å². The van der Waals surface area contributed by atoms with Crippen molar-refractivity contribution < 1.29 is 0 Å². The topological polar surface area (TPSA) is 61.9 Å². The number of aromatic amines is 1. The summed E-state index contributed by atoms with van der Waals surface area (Å²) in [4.78, 5) is 26.3. The number of benzene rings is 1. The van der Waals surface area contributed by atoms with E-state index in [1.807, 2.05) is 24.3 Å². The zero-order valence-corrected chi connectivity index (χ0v) is 16.1. The van der Waals surface area contributed by atoms with E-state index in [0.29, 0.717) is 11.5 Å². The minimum absolute atomic E-state index is 0.159. The number of likely N-dealkylation sites (tertiary alicyclic amines) is 1. The first-order valence-corrected chi connectivity index (χ1v) is 10.1. The molecule has 28 heavy (non-hydrogen) atoms. The van der Waals surface area contributed by atoms with Gasteiger partial charge in [0.05, 0.1) is 5.69 Å². The summed E-state index contributed by atoms with van der Waals surface area (Å²) in [5.74, 6) is 0.587. The summed E-state index contributed by atoms with van der Waals surface area (Å²) in [7, 11) is 0. The van der Waals surface area contributed by atoms with Gasteiger partial charge in [-0.3, -0.25) is 14.7 Å². The molecule has 0 unspecified atom stereocenters. The highest BCUT2D eigenvalue weighted by molar-refractivity contribution is 5.62. The number of aromatic nitrogens is 3. The molecule has 0 bridgehead atoms. The minimum atomic E-state index is -0.159. The molecular weight excluding hydrogens is 348 g/mol. The molecule has 1 aliphatic heterocycles. The minimum Gasteiger partial charge on any atom is -0.306 e. The standard InChI is InChI=1S/C23H26N4O/c28-22-15-21(20-7-6-12-24-16-20)25-23(26-22)19-10-8-18(9-11-19)17-27-13-4-2-1-3-5-14-27/h6-12,15-16H,1-5,13-14,17H2,(H,25,26,28). The van der Waals surface area contributed by atoms with Gasteiger partial charge < -0.3 is 4.98 Å². The summed E-state index contributed by atoms with van der Waals surface area (Å²) in [6.07, 6.45) is 10.1. The Hall–Kier alpha value is -2.79. The molecule has 144 valence electrons. The van der Waals surface area contributed by atoms with Crippen LogP contribution in [0.4, 0.5) is 0 Å².